The molecule has 0 spiro atoms. The van der Waals surface area contributed by atoms with Gasteiger partial charge in [0.2, 0.25) is 0 Å². The molecule has 3 nitrogen and oxygen atoms in total. The van der Waals surface area contributed by atoms with E-state index in [1.54, 1.807) is 0 Å². The van der Waals surface area contributed by atoms with Gasteiger partial charge in [-0.25, -0.2) is 0 Å². The lowest BCUT2D eigenvalue weighted by Gasteiger charge is -2.27. The molecule has 1 aromatic rings. The minimum absolute atomic E-state index is 0.547. The fourth-order valence-corrected chi connectivity index (χ4v) is 3.66. The van der Waals surface area contributed by atoms with Gasteiger partial charge in [-0.15, -0.1) is 0 Å². The van der Waals surface area contributed by atoms with Gasteiger partial charge in [0.05, 0.1) is 0 Å². The third-order valence-electron chi connectivity index (χ3n) is 4.71. The molecule has 0 amide bonds. The first-order chi connectivity index (χ1) is 9.29. The molecule has 2 unspecified atom stereocenters. The largest absolute Gasteiger partial charge is 0.371 e. The SMILES string of the molecule is CN1CC(CN)CC1c1ccccc1N1CCCC1. The van der Waals surface area contributed by atoms with Crippen LogP contribution in [-0.2, 0) is 0 Å². The molecule has 2 fully saturated rings. The third-order valence-corrected chi connectivity index (χ3v) is 4.71. The van der Waals surface area contributed by atoms with Gasteiger partial charge < -0.3 is 10.6 Å². The van der Waals surface area contributed by atoms with Crippen molar-refractivity contribution in [2.24, 2.45) is 11.7 Å². The van der Waals surface area contributed by atoms with Crippen LogP contribution in [0.15, 0.2) is 24.3 Å². The van der Waals surface area contributed by atoms with Gasteiger partial charge in [-0.3, -0.25) is 4.90 Å². The zero-order valence-electron chi connectivity index (χ0n) is 11.9. The molecule has 19 heavy (non-hydrogen) atoms. The first-order valence-electron chi connectivity index (χ1n) is 7.53. The Morgan fingerprint density at radius 2 is 1.95 bits per heavy atom. The minimum atomic E-state index is 0.547. The maximum absolute atomic E-state index is 5.86. The van der Waals surface area contributed by atoms with Gasteiger partial charge in [-0.05, 0) is 50.4 Å². The summed E-state index contributed by atoms with van der Waals surface area (Å²) in [6.45, 7) is 4.38. The fourth-order valence-electron chi connectivity index (χ4n) is 3.66. The summed E-state index contributed by atoms with van der Waals surface area (Å²) < 4.78 is 0. The number of rotatable bonds is 3. The maximum Gasteiger partial charge on any atom is 0.0414 e. The van der Waals surface area contributed by atoms with E-state index in [1.807, 2.05) is 0 Å². The van der Waals surface area contributed by atoms with E-state index in [1.165, 1.54) is 43.6 Å². The van der Waals surface area contributed by atoms with E-state index < -0.39 is 0 Å². The smallest absolute Gasteiger partial charge is 0.0414 e. The van der Waals surface area contributed by atoms with Crippen molar-refractivity contribution in [1.82, 2.24) is 4.90 Å². The molecule has 0 bridgehead atoms. The highest BCUT2D eigenvalue weighted by Crippen LogP contribution is 2.39. The first kappa shape index (κ1) is 12.9. The summed E-state index contributed by atoms with van der Waals surface area (Å²) in [5, 5.41) is 0. The Balaban J connectivity index is 1.87. The van der Waals surface area contributed by atoms with E-state index in [0.29, 0.717) is 12.0 Å². The molecule has 2 aliphatic rings. The number of anilines is 1. The molecule has 1 aromatic carbocycles. The second kappa shape index (κ2) is 5.51. The monoisotopic (exact) mass is 259 g/mol. The van der Waals surface area contributed by atoms with Gasteiger partial charge in [0.15, 0.2) is 0 Å². The number of para-hydroxylation sites is 1. The van der Waals surface area contributed by atoms with Crippen molar-refractivity contribution in [3.63, 3.8) is 0 Å². The number of nitrogens with zero attached hydrogens (tertiary/aromatic N) is 2. The Kier molecular flexibility index (Phi) is 3.76. The summed E-state index contributed by atoms with van der Waals surface area (Å²) in [5.74, 6) is 0.654. The van der Waals surface area contributed by atoms with Crippen molar-refractivity contribution in [3.8, 4) is 0 Å². The van der Waals surface area contributed by atoms with Crippen molar-refractivity contribution in [2.75, 3.05) is 38.1 Å². The van der Waals surface area contributed by atoms with Crippen LogP contribution < -0.4 is 10.6 Å². The third kappa shape index (κ3) is 2.49. The Morgan fingerprint density at radius 1 is 1.21 bits per heavy atom. The molecule has 2 heterocycles. The summed E-state index contributed by atoms with van der Waals surface area (Å²) in [7, 11) is 2.24. The van der Waals surface area contributed by atoms with Crippen LogP contribution in [0, 0.1) is 5.92 Å². The summed E-state index contributed by atoms with van der Waals surface area (Å²) >= 11 is 0. The van der Waals surface area contributed by atoms with Gasteiger partial charge in [0.25, 0.3) is 0 Å². The highest BCUT2D eigenvalue weighted by atomic mass is 15.2. The Morgan fingerprint density at radius 3 is 2.63 bits per heavy atom. The Labute approximate surface area is 116 Å². The fraction of sp³-hybridized carbons (Fsp3) is 0.625. The van der Waals surface area contributed by atoms with Crippen LogP contribution >= 0.6 is 0 Å². The highest BCUT2D eigenvalue weighted by Gasteiger charge is 2.32. The number of likely N-dealkylation sites (tertiary alicyclic amines) is 1. The molecule has 0 saturated carbocycles. The van der Waals surface area contributed by atoms with E-state index in [9.17, 15) is 0 Å². The summed E-state index contributed by atoms with van der Waals surface area (Å²) in [5.41, 5.74) is 8.82. The lowest BCUT2D eigenvalue weighted by atomic mass is 9.98. The van der Waals surface area contributed by atoms with Gasteiger partial charge in [0, 0.05) is 31.4 Å². The number of nitrogens with two attached hydrogens (primary N) is 1. The van der Waals surface area contributed by atoms with Gasteiger partial charge in [-0.1, -0.05) is 18.2 Å². The summed E-state index contributed by atoms with van der Waals surface area (Å²) in [6.07, 6.45) is 3.87. The average molecular weight is 259 g/mol. The minimum Gasteiger partial charge on any atom is -0.371 e. The molecule has 0 aromatic heterocycles. The topological polar surface area (TPSA) is 32.5 Å². The molecule has 3 heteroatoms. The standard InChI is InChI=1S/C16H25N3/c1-18-12-13(11-17)10-16(18)14-6-2-3-7-15(14)19-8-4-5-9-19/h2-3,6-7,13,16H,4-5,8-12,17H2,1H3. The normalized spacial score (nSPS) is 28.2. The van der Waals surface area contributed by atoms with Crippen molar-refractivity contribution >= 4 is 5.69 Å². The Hall–Kier alpha value is -1.06. The Bertz CT molecular complexity index is 426. The van der Waals surface area contributed by atoms with Crippen molar-refractivity contribution in [2.45, 2.75) is 25.3 Å². The zero-order valence-corrected chi connectivity index (χ0v) is 11.9. The van der Waals surface area contributed by atoms with E-state index >= 15 is 0 Å². The molecule has 3 rings (SSSR count). The van der Waals surface area contributed by atoms with Crippen LogP contribution in [-0.4, -0.2) is 38.1 Å². The predicted molar refractivity (Wildman–Crippen MR) is 80.4 cm³/mol. The molecule has 2 saturated heterocycles. The predicted octanol–water partition coefficient (Wildman–Crippen LogP) is 2.24. The average Bonchev–Trinajstić information content (AvgIpc) is 3.08. The highest BCUT2D eigenvalue weighted by molar-refractivity contribution is 5.55. The van der Waals surface area contributed by atoms with Gasteiger partial charge in [0.1, 0.15) is 0 Å². The van der Waals surface area contributed by atoms with Crippen LogP contribution in [0.2, 0.25) is 0 Å². The number of hydrogen-bond acceptors (Lipinski definition) is 3. The lowest BCUT2D eigenvalue weighted by Crippen LogP contribution is -2.24. The van der Waals surface area contributed by atoms with Gasteiger partial charge in [-0.2, -0.15) is 0 Å². The van der Waals surface area contributed by atoms with Crippen LogP contribution in [0.5, 0.6) is 0 Å². The maximum atomic E-state index is 5.86. The van der Waals surface area contributed by atoms with Crippen molar-refractivity contribution in [3.05, 3.63) is 29.8 Å². The quantitative estimate of drug-likeness (QED) is 0.903. The number of hydrogen-bond donors (Lipinski definition) is 1. The van der Waals surface area contributed by atoms with E-state index in [-0.39, 0.29) is 0 Å². The first-order valence-corrected chi connectivity index (χ1v) is 7.53. The molecule has 104 valence electrons. The molecule has 2 aliphatic heterocycles. The van der Waals surface area contributed by atoms with Crippen LogP contribution in [0.1, 0.15) is 30.9 Å². The molecular formula is C16H25N3. The molecule has 0 aliphatic carbocycles. The van der Waals surface area contributed by atoms with Crippen LogP contribution in [0.3, 0.4) is 0 Å². The van der Waals surface area contributed by atoms with E-state index in [4.69, 9.17) is 5.73 Å². The zero-order chi connectivity index (χ0) is 13.2. The summed E-state index contributed by atoms with van der Waals surface area (Å²) in [6, 6.07) is 9.51. The number of benzene rings is 1. The van der Waals surface area contributed by atoms with E-state index in [0.717, 1.165) is 13.1 Å². The van der Waals surface area contributed by atoms with Crippen molar-refractivity contribution in [1.29, 1.82) is 0 Å². The second-order valence-electron chi connectivity index (χ2n) is 6.05. The second-order valence-corrected chi connectivity index (χ2v) is 6.05. The van der Waals surface area contributed by atoms with Crippen molar-refractivity contribution < 1.29 is 0 Å². The van der Waals surface area contributed by atoms with Gasteiger partial charge >= 0.3 is 0 Å². The molecule has 2 N–H and O–H groups in total. The van der Waals surface area contributed by atoms with E-state index in [2.05, 4.69) is 41.1 Å². The molecule has 0 radical (unpaired) electrons. The molecule has 2 atom stereocenters. The van der Waals surface area contributed by atoms with Crippen LogP contribution in [0.4, 0.5) is 5.69 Å². The molecular weight excluding hydrogens is 234 g/mol. The summed E-state index contributed by atoms with van der Waals surface area (Å²) in [4.78, 5) is 5.03. The lowest BCUT2D eigenvalue weighted by molar-refractivity contribution is 0.314. The van der Waals surface area contributed by atoms with Crippen LogP contribution in [0.25, 0.3) is 0 Å².